The van der Waals surface area contributed by atoms with Gasteiger partial charge in [-0.15, -0.1) is 0 Å². The lowest BCUT2D eigenvalue weighted by molar-refractivity contribution is 0.0696. The molecular weight excluding hydrogens is 315 g/mol. The molecule has 0 heterocycles. The third kappa shape index (κ3) is 3.05. The molecule has 0 aliphatic heterocycles. The quantitative estimate of drug-likeness (QED) is 0.727. The van der Waals surface area contributed by atoms with Crippen molar-refractivity contribution in [2.45, 2.75) is 18.8 Å². The third-order valence-electron chi connectivity index (χ3n) is 4.92. The number of rotatable bonds is 3. The molecule has 3 heteroatoms. The van der Waals surface area contributed by atoms with Crippen LogP contribution in [0, 0.1) is 5.82 Å². The Kier molecular flexibility index (Phi) is 3.85. The number of hydrogen-bond acceptors (Lipinski definition) is 1. The number of carboxylic acid groups (broad SMARTS) is 1. The highest BCUT2D eigenvalue weighted by molar-refractivity contribution is 5.87. The summed E-state index contributed by atoms with van der Waals surface area (Å²) >= 11 is 0. The van der Waals surface area contributed by atoms with E-state index < -0.39 is 5.97 Å². The number of fused-ring (bicyclic) bond motifs is 1. The number of aromatic carboxylic acids is 1. The molecule has 1 aliphatic rings. The lowest BCUT2D eigenvalue weighted by Gasteiger charge is -2.10. The summed E-state index contributed by atoms with van der Waals surface area (Å²) in [5.74, 6) is -0.822. The number of hydrogen-bond donors (Lipinski definition) is 1. The molecule has 1 N–H and O–H groups in total. The second-order valence-corrected chi connectivity index (χ2v) is 6.53. The summed E-state index contributed by atoms with van der Waals surface area (Å²) in [4.78, 5) is 11.2. The standard InChI is InChI=1S/C22H17FO2/c23-21-8-6-14(7-9-21)16-4-5-17-12-19(13-20(17)11-16)15-2-1-3-18(10-15)22(24)25/h1-11,19H,12-13H2,(H,24,25). The summed E-state index contributed by atoms with van der Waals surface area (Å²) in [5, 5.41) is 9.18. The smallest absolute Gasteiger partial charge is 0.335 e. The molecular formula is C22H17FO2. The van der Waals surface area contributed by atoms with Crippen LogP contribution in [0.1, 0.15) is 33.0 Å². The summed E-state index contributed by atoms with van der Waals surface area (Å²) in [5.41, 5.74) is 6.07. The molecule has 124 valence electrons. The fourth-order valence-corrected chi connectivity index (χ4v) is 3.60. The van der Waals surface area contributed by atoms with Gasteiger partial charge in [-0.2, -0.15) is 0 Å². The van der Waals surface area contributed by atoms with Crippen LogP contribution in [0.5, 0.6) is 0 Å². The Morgan fingerprint density at radius 2 is 1.60 bits per heavy atom. The van der Waals surface area contributed by atoms with Gasteiger partial charge in [-0.3, -0.25) is 0 Å². The van der Waals surface area contributed by atoms with Gasteiger partial charge in [0.1, 0.15) is 5.82 Å². The van der Waals surface area contributed by atoms with Crippen LogP contribution in [-0.4, -0.2) is 11.1 Å². The minimum absolute atomic E-state index is 0.233. The number of carbonyl (C=O) groups is 1. The Bertz CT molecular complexity index is 944. The molecule has 25 heavy (non-hydrogen) atoms. The highest BCUT2D eigenvalue weighted by atomic mass is 19.1. The Morgan fingerprint density at radius 1 is 0.880 bits per heavy atom. The van der Waals surface area contributed by atoms with E-state index in [9.17, 15) is 14.3 Å². The van der Waals surface area contributed by atoms with Crippen molar-refractivity contribution in [3.05, 3.63) is 94.8 Å². The monoisotopic (exact) mass is 332 g/mol. The number of halogens is 1. The highest BCUT2D eigenvalue weighted by Gasteiger charge is 2.23. The molecule has 1 atom stereocenters. The van der Waals surface area contributed by atoms with Crippen LogP contribution in [0.3, 0.4) is 0 Å². The number of benzene rings is 3. The van der Waals surface area contributed by atoms with Crippen molar-refractivity contribution in [1.29, 1.82) is 0 Å². The van der Waals surface area contributed by atoms with Crippen molar-refractivity contribution in [2.75, 3.05) is 0 Å². The second kappa shape index (κ2) is 6.17. The van der Waals surface area contributed by atoms with Crippen LogP contribution in [0.4, 0.5) is 4.39 Å². The van der Waals surface area contributed by atoms with Gasteiger partial charge in [-0.1, -0.05) is 42.5 Å². The summed E-state index contributed by atoms with van der Waals surface area (Å²) in [7, 11) is 0. The Morgan fingerprint density at radius 3 is 2.36 bits per heavy atom. The molecule has 0 radical (unpaired) electrons. The van der Waals surface area contributed by atoms with E-state index in [4.69, 9.17) is 0 Å². The van der Waals surface area contributed by atoms with Crippen molar-refractivity contribution in [1.82, 2.24) is 0 Å². The predicted molar refractivity (Wildman–Crippen MR) is 95.4 cm³/mol. The van der Waals surface area contributed by atoms with E-state index in [0.717, 1.165) is 29.5 Å². The van der Waals surface area contributed by atoms with Crippen LogP contribution in [-0.2, 0) is 12.8 Å². The maximum atomic E-state index is 13.1. The first-order chi connectivity index (χ1) is 12.1. The van der Waals surface area contributed by atoms with Gasteiger partial charge in [0.15, 0.2) is 0 Å². The molecule has 4 rings (SSSR count). The lowest BCUT2D eigenvalue weighted by atomic mass is 9.95. The van der Waals surface area contributed by atoms with Crippen LogP contribution in [0.15, 0.2) is 66.7 Å². The molecule has 2 nitrogen and oxygen atoms in total. The fourth-order valence-electron chi connectivity index (χ4n) is 3.60. The minimum atomic E-state index is -0.893. The van der Waals surface area contributed by atoms with Crippen molar-refractivity contribution in [2.24, 2.45) is 0 Å². The third-order valence-corrected chi connectivity index (χ3v) is 4.92. The summed E-state index contributed by atoms with van der Waals surface area (Å²) in [6.07, 6.45) is 1.82. The lowest BCUT2D eigenvalue weighted by Crippen LogP contribution is -2.02. The summed E-state index contributed by atoms with van der Waals surface area (Å²) in [6, 6.07) is 20.1. The van der Waals surface area contributed by atoms with Gasteiger partial charge in [0.2, 0.25) is 0 Å². The summed E-state index contributed by atoms with van der Waals surface area (Å²) in [6.45, 7) is 0. The van der Waals surface area contributed by atoms with Gasteiger partial charge in [0.25, 0.3) is 0 Å². The van der Waals surface area contributed by atoms with Crippen molar-refractivity contribution in [3.8, 4) is 11.1 Å². The average molecular weight is 332 g/mol. The molecule has 0 saturated carbocycles. The molecule has 0 aromatic heterocycles. The van der Waals surface area contributed by atoms with Gasteiger partial charge in [0.05, 0.1) is 5.56 Å². The Hall–Kier alpha value is -2.94. The number of carboxylic acids is 1. The zero-order chi connectivity index (χ0) is 17.4. The minimum Gasteiger partial charge on any atom is -0.478 e. The predicted octanol–water partition coefficient (Wildman–Crippen LogP) is 5.07. The molecule has 1 unspecified atom stereocenters. The first-order valence-electron chi connectivity index (χ1n) is 8.31. The van der Waals surface area contributed by atoms with Crippen LogP contribution in [0.25, 0.3) is 11.1 Å². The summed E-state index contributed by atoms with van der Waals surface area (Å²) < 4.78 is 13.1. The molecule has 3 aromatic rings. The van der Waals surface area contributed by atoms with Crippen LogP contribution < -0.4 is 0 Å². The van der Waals surface area contributed by atoms with Gasteiger partial charge in [-0.05, 0) is 70.8 Å². The second-order valence-electron chi connectivity index (χ2n) is 6.53. The Balaban J connectivity index is 1.61. The Labute approximate surface area is 145 Å². The average Bonchev–Trinajstić information content (AvgIpc) is 3.06. The molecule has 3 aromatic carbocycles. The topological polar surface area (TPSA) is 37.3 Å². The van der Waals surface area contributed by atoms with Crippen LogP contribution >= 0.6 is 0 Å². The maximum absolute atomic E-state index is 13.1. The maximum Gasteiger partial charge on any atom is 0.335 e. The fraction of sp³-hybridized carbons (Fsp3) is 0.136. The molecule has 0 spiro atoms. The van der Waals surface area contributed by atoms with Crippen molar-refractivity contribution in [3.63, 3.8) is 0 Å². The van der Waals surface area contributed by atoms with E-state index in [0.29, 0.717) is 11.5 Å². The van der Waals surface area contributed by atoms with Gasteiger partial charge >= 0.3 is 5.97 Å². The molecule has 1 aliphatic carbocycles. The largest absolute Gasteiger partial charge is 0.478 e. The van der Waals surface area contributed by atoms with E-state index in [-0.39, 0.29) is 5.82 Å². The van der Waals surface area contributed by atoms with Crippen molar-refractivity contribution >= 4 is 5.97 Å². The van der Waals surface area contributed by atoms with Crippen LogP contribution in [0.2, 0.25) is 0 Å². The van der Waals surface area contributed by atoms with E-state index in [1.807, 2.05) is 12.1 Å². The zero-order valence-corrected chi connectivity index (χ0v) is 13.6. The van der Waals surface area contributed by atoms with Gasteiger partial charge in [0, 0.05) is 0 Å². The van der Waals surface area contributed by atoms with E-state index in [2.05, 4.69) is 18.2 Å². The molecule has 0 bridgehead atoms. The molecule has 0 amide bonds. The molecule has 0 fully saturated rings. The SMILES string of the molecule is O=C(O)c1cccc(C2Cc3ccc(-c4ccc(F)cc4)cc3C2)c1. The first-order valence-corrected chi connectivity index (χ1v) is 8.31. The van der Waals surface area contributed by atoms with E-state index in [1.54, 1.807) is 24.3 Å². The van der Waals surface area contributed by atoms with E-state index >= 15 is 0 Å². The normalized spacial score (nSPS) is 15.8. The first kappa shape index (κ1) is 15.6. The van der Waals surface area contributed by atoms with E-state index in [1.165, 1.54) is 23.3 Å². The van der Waals surface area contributed by atoms with Crippen molar-refractivity contribution < 1.29 is 14.3 Å². The molecule has 0 saturated heterocycles. The zero-order valence-electron chi connectivity index (χ0n) is 13.6. The van der Waals surface area contributed by atoms with Gasteiger partial charge in [-0.25, -0.2) is 9.18 Å². The van der Waals surface area contributed by atoms with Gasteiger partial charge < -0.3 is 5.11 Å². The highest BCUT2D eigenvalue weighted by Crippen LogP contribution is 2.36.